The summed E-state index contributed by atoms with van der Waals surface area (Å²) >= 11 is 5.28. The van der Waals surface area contributed by atoms with Gasteiger partial charge in [0.25, 0.3) is 5.91 Å². The zero-order valence-electron chi connectivity index (χ0n) is 13.7. The van der Waals surface area contributed by atoms with E-state index < -0.39 is 0 Å². The SMILES string of the molecule is O=C(Nc1ccccc1)c1ccccc1NC(=S)Nc1ccc(F)cc1. The van der Waals surface area contributed by atoms with Crippen LogP contribution in [0.15, 0.2) is 78.9 Å². The highest BCUT2D eigenvalue weighted by molar-refractivity contribution is 7.80. The summed E-state index contributed by atoms with van der Waals surface area (Å²) in [5.74, 6) is -0.568. The van der Waals surface area contributed by atoms with E-state index in [2.05, 4.69) is 16.0 Å². The molecule has 3 aromatic carbocycles. The van der Waals surface area contributed by atoms with Gasteiger partial charge < -0.3 is 16.0 Å². The third-order valence-corrected chi connectivity index (χ3v) is 3.76. The lowest BCUT2D eigenvalue weighted by Gasteiger charge is -2.14. The summed E-state index contributed by atoms with van der Waals surface area (Å²) in [7, 11) is 0. The quantitative estimate of drug-likeness (QED) is 0.577. The largest absolute Gasteiger partial charge is 0.332 e. The van der Waals surface area contributed by atoms with Crippen molar-refractivity contribution >= 4 is 40.3 Å². The fourth-order valence-corrected chi connectivity index (χ4v) is 2.56. The number of carbonyl (C=O) groups excluding carboxylic acids is 1. The lowest BCUT2D eigenvalue weighted by molar-refractivity contribution is 0.102. The number of hydrogen-bond donors (Lipinski definition) is 3. The smallest absolute Gasteiger partial charge is 0.257 e. The molecule has 0 bridgehead atoms. The van der Waals surface area contributed by atoms with Gasteiger partial charge in [0.2, 0.25) is 0 Å². The fraction of sp³-hybridized carbons (Fsp3) is 0. The molecule has 0 atom stereocenters. The van der Waals surface area contributed by atoms with Crippen LogP contribution in [0.4, 0.5) is 21.5 Å². The van der Waals surface area contributed by atoms with Gasteiger partial charge in [-0.1, -0.05) is 30.3 Å². The summed E-state index contributed by atoms with van der Waals surface area (Å²) < 4.78 is 13.0. The first-order valence-corrected chi connectivity index (χ1v) is 8.31. The van der Waals surface area contributed by atoms with Gasteiger partial charge >= 0.3 is 0 Å². The van der Waals surface area contributed by atoms with Gasteiger partial charge in [-0.05, 0) is 60.7 Å². The van der Waals surface area contributed by atoms with E-state index in [4.69, 9.17) is 12.2 Å². The highest BCUT2D eigenvalue weighted by Crippen LogP contribution is 2.18. The van der Waals surface area contributed by atoms with Gasteiger partial charge in [0.05, 0.1) is 11.3 Å². The molecule has 0 aliphatic carbocycles. The number of amides is 1. The maximum Gasteiger partial charge on any atom is 0.257 e. The van der Waals surface area contributed by atoms with Crippen LogP contribution in [0.3, 0.4) is 0 Å². The van der Waals surface area contributed by atoms with E-state index in [1.165, 1.54) is 12.1 Å². The predicted molar refractivity (Wildman–Crippen MR) is 107 cm³/mol. The van der Waals surface area contributed by atoms with Crippen LogP contribution in [-0.4, -0.2) is 11.0 Å². The zero-order chi connectivity index (χ0) is 18.4. The molecule has 0 fully saturated rings. The van der Waals surface area contributed by atoms with Crippen molar-refractivity contribution in [3.63, 3.8) is 0 Å². The number of benzene rings is 3. The third kappa shape index (κ3) is 4.64. The Kier molecular flexibility index (Phi) is 5.56. The Bertz CT molecular complexity index is 914. The molecule has 0 aromatic heterocycles. The Morgan fingerprint density at radius 3 is 2.08 bits per heavy atom. The average molecular weight is 365 g/mol. The monoisotopic (exact) mass is 365 g/mol. The van der Waals surface area contributed by atoms with Crippen LogP contribution in [0, 0.1) is 5.82 Å². The number of hydrogen-bond acceptors (Lipinski definition) is 2. The number of rotatable bonds is 4. The van der Waals surface area contributed by atoms with Gasteiger partial charge in [0.1, 0.15) is 5.82 Å². The first kappa shape index (κ1) is 17.6. The van der Waals surface area contributed by atoms with Crippen molar-refractivity contribution in [2.45, 2.75) is 0 Å². The van der Waals surface area contributed by atoms with Crippen LogP contribution in [0.2, 0.25) is 0 Å². The minimum atomic E-state index is -0.322. The highest BCUT2D eigenvalue weighted by Gasteiger charge is 2.12. The molecule has 0 saturated carbocycles. The fourth-order valence-electron chi connectivity index (χ4n) is 2.33. The third-order valence-electron chi connectivity index (χ3n) is 3.55. The molecule has 6 heteroatoms. The molecule has 130 valence electrons. The number of nitrogens with one attached hydrogen (secondary N) is 3. The molecular formula is C20H16FN3OS. The summed E-state index contributed by atoms with van der Waals surface area (Å²) in [4.78, 5) is 12.6. The van der Waals surface area contributed by atoms with Crippen molar-refractivity contribution < 1.29 is 9.18 Å². The van der Waals surface area contributed by atoms with Crippen LogP contribution in [0.25, 0.3) is 0 Å². The minimum absolute atomic E-state index is 0.246. The first-order chi connectivity index (χ1) is 12.6. The molecule has 4 nitrogen and oxygen atoms in total. The van der Waals surface area contributed by atoms with E-state index in [-0.39, 0.29) is 11.7 Å². The van der Waals surface area contributed by atoms with Crippen LogP contribution in [-0.2, 0) is 0 Å². The predicted octanol–water partition coefficient (Wildman–Crippen LogP) is 4.89. The van der Waals surface area contributed by atoms with Gasteiger partial charge in [-0.15, -0.1) is 0 Å². The molecule has 0 saturated heterocycles. The molecule has 0 heterocycles. The van der Waals surface area contributed by atoms with E-state index in [9.17, 15) is 9.18 Å². The Morgan fingerprint density at radius 2 is 1.35 bits per heavy atom. The Balaban J connectivity index is 1.71. The molecule has 0 spiro atoms. The normalized spacial score (nSPS) is 10.0. The van der Waals surface area contributed by atoms with Crippen LogP contribution in [0.1, 0.15) is 10.4 Å². The molecule has 3 N–H and O–H groups in total. The summed E-state index contributed by atoms with van der Waals surface area (Å²) in [5.41, 5.74) is 2.38. The van der Waals surface area contributed by atoms with Crippen molar-refractivity contribution in [2.75, 3.05) is 16.0 Å². The second kappa shape index (κ2) is 8.22. The molecule has 1 amide bonds. The van der Waals surface area contributed by atoms with Crippen molar-refractivity contribution in [3.8, 4) is 0 Å². The molecule has 26 heavy (non-hydrogen) atoms. The number of carbonyl (C=O) groups is 1. The van der Waals surface area contributed by atoms with Crippen molar-refractivity contribution in [3.05, 3.63) is 90.2 Å². The highest BCUT2D eigenvalue weighted by atomic mass is 32.1. The molecule has 0 aliphatic heterocycles. The molecule has 3 rings (SSSR count). The summed E-state index contributed by atoms with van der Waals surface area (Å²) in [6, 6.07) is 22.1. The number of anilines is 3. The van der Waals surface area contributed by atoms with Gasteiger partial charge in [-0.3, -0.25) is 4.79 Å². The summed E-state index contributed by atoms with van der Waals surface area (Å²) in [6.45, 7) is 0. The van der Waals surface area contributed by atoms with E-state index in [0.717, 1.165) is 0 Å². The van der Waals surface area contributed by atoms with Crippen LogP contribution in [0.5, 0.6) is 0 Å². The van der Waals surface area contributed by atoms with E-state index >= 15 is 0 Å². The maximum absolute atomic E-state index is 13.0. The second-order valence-electron chi connectivity index (χ2n) is 5.45. The lowest BCUT2D eigenvalue weighted by Crippen LogP contribution is -2.22. The molecule has 0 aliphatic rings. The molecular weight excluding hydrogens is 349 g/mol. The van der Waals surface area contributed by atoms with E-state index in [1.54, 1.807) is 30.3 Å². The first-order valence-electron chi connectivity index (χ1n) is 7.91. The number of halogens is 1. The zero-order valence-corrected chi connectivity index (χ0v) is 14.5. The lowest BCUT2D eigenvalue weighted by atomic mass is 10.1. The number of thiocarbonyl (C=S) groups is 1. The number of para-hydroxylation sites is 2. The molecule has 0 radical (unpaired) electrons. The van der Waals surface area contributed by atoms with Crippen molar-refractivity contribution in [2.24, 2.45) is 0 Å². The minimum Gasteiger partial charge on any atom is -0.332 e. The van der Waals surface area contributed by atoms with Gasteiger partial charge in [-0.2, -0.15) is 0 Å². The van der Waals surface area contributed by atoms with Crippen LogP contribution >= 0.6 is 12.2 Å². The average Bonchev–Trinajstić information content (AvgIpc) is 2.65. The Labute approximate surface area is 156 Å². The second-order valence-corrected chi connectivity index (χ2v) is 5.86. The Hall–Kier alpha value is -3.25. The molecule has 3 aromatic rings. The Morgan fingerprint density at radius 1 is 0.731 bits per heavy atom. The maximum atomic E-state index is 13.0. The standard InChI is InChI=1S/C20H16FN3OS/c21-14-10-12-16(13-11-14)23-20(26)24-18-9-5-4-8-17(18)19(25)22-15-6-2-1-3-7-15/h1-13H,(H,22,25)(H2,23,24,26). The van der Waals surface area contributed by atoms with Crippen molar-refractivity contribution in [1.29, 1.82) is 0 Å². The van der Waals surface area contributed by atoms with E-state index in [1.807, 2.05) is 36.4 Å². The van der Waals surface area contributed by atoms with Crippen LogP contribution < -0.4 is 16.0 Å². The topological polar surface area (TPSA) is 53.2 Å². The summed E-state index contributed by atoms with van der Waals surface area (Å²) in [5, 5.41) is 9.11. The van der Waals surface area contributed by atoms with E-state index in [0.29, 0.717) is 27.7 Å². The van der Waals surface area contributed by atoms with Gasteiger partial charge in [0.15, 0.2) is 5.11 Å². The van der Waals surface area contributed by atoms with Gasteiger partial charge in [-0.25, -0.2) is 4.39 Å². The van der Waals surface area contributed by atoms with Gasteiger partial charge in [0, 0.05) is 11.4 Å². The molecule has 0 unspecified atom stereocenters. The summed E-state index contributed by atoms with van der Waals surface area (Å²) in [6.07, 6.45) is 0. The van der Waals surface area contributed by atoms with Crippen molar-refractivity contribution in [1.82, 2.24) is 0 Å².